The number of hydrogen-bond acceptors (Lipinski definition) is 3. The zero-order valence-electron chi connectivity index (χ0n) is 10.6. The third-order valence-corrected chi connectivity index (χ3v) is 3.14. The molecule has 1 atom stereocenters. The number of amides is 1. The van der Waals surface area contributed by atoms with Crippen LogP contribution in [0.3, 0.4) is 0 Å². The van der Waals surface area contributed by atoms with Gasteiger partial charge >= 0.3 is 5.97 Å². The second kappa shape index (κ2) is 5.04. The summed E-state index contributed by atoms with van der Waals surface area (Å²) in [4.78, 5) is 24.9. The van der Waals surface area contributed by atoms with Crippen molar-refractivity contribution < 1.29 is 19.8 Å². The molecule has 5 nitrogen and oxygen atoms in total. The molecule has 1 unspecified atom stereocenters. The summed E-state index contributed by atoms with van der Waals surface area (Å²) in [6.45, 7) is 6.15. The number of piperidine rings is 1. The molecule has 2 N–H and O–H groups in total. The normalized spacial score (nSPS) is 20.1. The largest absolute Gasteiger partial charge is 0.481 e. The summed E-state index contributed by atoms with van der Waals surface area (Å²) in [5.41, 5.74) is -0.598. The molecule has 0 aromatic heterocycles. The first-order valence-corrected chi connectivity index (χ1v) is 5.93. The number of aliphatic hydroxyl groups excluding tert-OH is 1. The van der Waals surface area contributed by atoms with Crippen LogP contribution in [0.5, 0.6) is 0 Å². The highest BCUT2D eigenvalue weighted by atomic mass is 16.4. The number of aliphatic carboxylic acids is 1. The van der Waals surface area contributed by atoms with Gasteiger partial charge in [0.2, 0.25) is 5.91 Å². The maximum absolute atomic E-state index is 12.2. The summed E-state index contributed by atoms with van der Waals surface area (Å²) in [6, 6.07) is 0. The van der Waals surface area contributed by atoms with Crippen molar-refractivity contribution in [2.45, 2.75) is 39.7 Å². The van der Waals surface area contributed by atoms with Crippen LogP contribution in [0.2, 0.25) is 0 Å². The smallest absolute Gasteiger partial charge is 0.316 e. The van der Waals surface area contributed by atoms with E-state index in [9.17, 15) is 14.7 Å². The van der Waals surface area contributed by atoms with Crippen LogP contribution in [-0.2, 0) is 9.59 Å². The van der Waals surface area contributed by atoms with Crippen LogP contribution in [0.15, 0.2) is 0 Å². The average molecular weight is 243 g/mol. The standard InChI is InChI=1S/C12H21NO4/c1-12(2,3)9(11(16)17)10(15)13-6-4-8(14)5-7-13/h8-9,14H,4-7H2,1-3H3,(H,16,17). The summed E-state index contributed by atoms with van der Waals surface area (Å²) in [7, 11) is 0. The second-order valence-electron chi connectivity index (χ2n) is 5.69. The minimum absolute atomic E-state index is 0.336. The fourth-order valence-electron chi connectivity index (χ4n) is 2.12. The number of rotatable bonds is 2. The highest BCUT2D eigenvalue weighted by Crippen LogP contribution is 2.29. The molecule has 1 amide bonds. The summed E-state index contributed by atoms with van der Waals surface area (Å²) in [6.07, 6.45) is 0.696. The lowest BCUT2D eigenvalue weighted by molar-refractivity contribution is -0.157. The highest BCUT2D eigenvalue weighted by molar-refractivity contribution is 5.97. The van der Waals surface area contributed by atoms with Gasteiger partial charge < -0.3 is 15.1 Å². The average Bonchev–Trinajstić information content (AvgIpc) is 2.15. The maximum atomic E-state index is 12.2. The lowest BCUT2D eigenvalue weighted by Gasteiger charge is -2.35. The Labute approximate surface area is 101 Å². The molecule has 0 radical (unpaired) electrons. The van der Waals surface area contributed by atoms with E-state index in [1.54, 1.807) is 25.7 Å². The van der Waals surface area contributed by atoms with Crippen molar-refractivity contribution in [2.24, 2.45) is 11.3 Å². The van der Waals surface area contributed by atoms with Crippen LogP contribution in [0.1, 0.15) is 33.6 Å². The Balaban J connectivity index is 2.76. The SMILES string of the molecule is CC(C)(C)C(C(=O)O)C(=O)N1CCC(O)CC1. The molecule has 0 bridgehead atoms. The molecule has 0 aromatic carbocycles. The molecule has 1 heterocycles. The molecular weight excluding hydrogens is 222 g/mol. The van der Waals surface area contributed by atoms with Gasteiger partial charge in [-0.1, -0.05) is 20.8 Å². The molecular formula is C12H21NO4. The van der Waals surface area contributed by atoms with E-state index >= 15 is 0 Å². The molecule has 0 aromatic rings. The van der Waals surface area contributed by atoms with E-state index in [4.69, 9.17) is 5.11 Å². The van der Waals surface area contributed by atoms with Gasteiger partial charge in [-0.25, -0.2) is 0 Å². The Kier molecular flexibility index (Phi) is 4.14. The first kappa shape index (κ1) is 14.0. The number of carboxylic acid groups (broad SMARTS) is 1. The number of likely N-dealkylation sites (tertiary alicyclic amines) is 1. The fourth-order valence-corrected chi connectivity index (χ4v) is 2.12. The van der Waals surface area contributed by atoms with E-state index in [2.05, 4.69) is 0 Å². The van der Waals surface area contributed by atoms with E-state index < -0.39 is 17.3 Å². The number of carbonyl (C=O) groups excluding carboxylic acids is 1. The maximum Gasteiger partial charge on any atom is 0.316 e. The predicted octanol–water partition coefficient (Wildman–Crippen LogP) is 0.717. The number of hydrogen-bond donors (Lipinski definition) is 2. The van der Waals surface area contributed by atoms with Crippen molar-refractivity contribution in [1.29, 1.82) is 0 Å². The zero-order chi connectivity index (χ0) is 13.2. The Morgan fingerprint density at radius 1 is 1.24 bits per heavy atom. The van der Waals surface area contributed by atoms with Crippen molar-refractivity contribution >= 4 is 11.9 Å². The van der Waals surface area contributed by atoms with E-state index in [-0.39, 0.29) is 12.0 Å². The molecule has 5 heteroatoms. The molecule has 1 aliphatic rings. The topological polar surface area (TPSA) is 77.8 Å². The van der Waals surface area contributed by atoms with Gasteiger partial charge in [-0.2, -0.15) is 0 Å². The van der Waals surface area contributed by atoms with Crippen LogP contribution in [0.25, 0.3) is 0 Å². The van der Waals surface area contributed by atoms with Crippen molar-refractivity contribution in [1.82, 2.24) is 4.90 Å². The Bertz CT molecular complexity index is 300. The molecule has 1 rings (SSSR count). The van der Waals surface area contributed by atoms with Crippen LogP contribution in [0.4, 0.5) is 0 Å². The van der Waals surface area contributed by atoms with Crippen LogP contribution in [-0.4, -0.2) is 46.2 Å². The summed E-state index contributed by atoms with van der Waals surface area (Å²) >= 11 is 0. The number of aliphatic hydroxyl groups is 1. The van der Waals surface area contributed by atoms with Crippen LogP contribution >= 0.6 is 0 Å². The predicted molar refractivity (Wildman–Crippen MR) is 62.4 cm³/mol. The molecule has 98 valence electrons. The van der Waals surface area contributed by atoms with Gasteiger partial charge in [0.05, 0.1) is 6.10 Å². The second-order valence-corrected chi connectivity index (χ2v) is 5.69. The van der Waals surface area contributed by atoms with Crippen molar-refractivity contribution in [2.75, 3.05) is 13.1 Å². The van der Waals surface area contributed by atoms with E-state index in [0.717, 1.165) is 0 Å². The fraction of sp³-hybridized carbons (Fsp3) is 0.833. The molecule has 1 fully saturated rings. The van der Waals surface area contributed by atoms with E-state index in [1.807, 2.05) is 0 Å². The van der Waals surface area contributed by atoms with Crippen molar-refractivity contribution in [3.63, 3.8) is 0 Å². The summed E-state index contributed by atoms with van der Waals surface area (Å²) < 4.78 is 0. The lowest BCUT2D eigenvalue weighted by atomic mass is 9.79. The minimum atomic E-state index is -1.08. The van der Waals surface area contributed by atoms with Crippen LogP contribution in [0, 0.1) is 11.3 Å². The number of nitrogens with zero attached hydrogens (tertiary/aromatic N) is 1. The third kappa shape index (κ3) is 3.43. The molecule has 0 aliphatic carbocycles. The molecule has 0 saturated carbocycles. The quantitative estimate of drug-likeness (QED) is 0.700. The first-order chi connectivity index (χ1) is 7.73. The van der Waals surface area contributed by atoms with E-state index in [1.165, 1.54) is 0 Å². The van der Waals surface area contributed by atoms with Crippen molar-refractivity contribution in [3.8, 4) is 0 Å². The van der Waals surface area contributed by atoms with Gasteiger partial charge in [-0.15, -0.1) is 0 Å². The third-order valence-electron chi connectivity index (χ3n) is 3.14. The van der Waals surface area contributed by atoms with Gasteiger partial charge in [0.1, 0.15) is 5.92 Å². The van der Waals surface area contributed by atoms with Gasteiger partial charge in [0.15, 0.2) is 0 Å². The lowest BCUT2D eigenvalue weighted by Crippen LogP contribution is -2.48. The monoisotopic (exact) mass is 243 g/mol. The number of carboxylic acids is 1. The van der Waals surface area contributed by atoms with Crippen LogP contribution < -0.4 is 0 Å². The van der Waals surface area contributed by atoms with Gasteiger partial charge in [-0.05, 0) is 18.3 Å². The molecule has 1 saturated heterocycles. The van der Waals surface area contributed by atoms with Gasteiger partial charge in [0, 0.05) is 13.1 Å². The van der Waals surface area contributed by atoms with Gasteiger partial charge in [0.25, 0.3) is 0 Å². The molecule has 0 spiro atoms. The Hall–Kier alpha value is -1.10. The Morgan fingerprint density at radius 2 is 1.71 bits per heavy atom. The van der Waals surface area contributed by atoms with Gasteiger partial charge in [-0.3, -0.25) is 9.59 Å². The first-order valence-electron chi connectivity index (χ1n) is 5.93. The van der Waals surface area contributed by atoms with E-state index in [0.29, 0.717) is 25.9 Å². The summed E-state index contributed by atoms with van der Waals surface area (Å²) in [5.74, 6) is -2.43. The molecule has 17 heavy (non-hydrogen) atoms. The zero-order valence-corrected chi connectivity index (χ0v) is 10.6. The highest BCUT2D eigenvalue weighted by Gasteiger charge is 2.40. The summed E-state index contributed by atoms with van der Waals surface area (Å²) in [5, 5.41) is 18.5. The minimum Gasteiger partial charge on any atom is -0.481 e. The van der Waals surface area contributed by atoms with Crippen molar-refractivity contribution in [3.05, 3.63) is 0 Å². The Morgan fingerprint density at radius 3 is 2.06 bits per heavy atom. The molecule has 1 aliphatic heterocycles. The number of carbonyl (C=O) groups is 2.